The van der Waals surface area contributed by atoms with Crippen molar-refractivity contribution in [3.05, 3.63) is 57.8 Å². The number of nitrogens with zero attached hydrogens (tertiary/aromatic N) is 4. The van der Waals surface area contributed by atoms with Crippen molar-refractivity contribution in [2.24, 2.45) is 0 Å². The van der Waals surface area contributed by atoms with Crippen LogP contribution in [0.1, 0.15) is 25.1 Å². The number of rotatable bonds is 5. The second kappa shape index (κ2) is 8.16. The summed E-state index contributed by atoms with van der Waals surface area (Å²) in [5.41, 5.74) is 3.09. The van der Waals surface area contributed by atoms with Crippen molar-refractivity contribution < 1.29 is 9.13 Å². The fourth-order valence-electron chi connectivity index (χ4n) is 3.62. The molecule has 0 aliphatic carbocycles. The quantitative estimate of drug-likeness (QED) is 0.716. The third-order valence-corrected chi connectivity index (χ3v) is 5.13. The van der Waals surface area contributed by atoms with Gasteiger partial charge in [-0.15, -0.1) is 0 Å². The van der Waals surface area contributed by atoms with E-state index in [1.807, 2.05) is 0 Å². The van der Waals surface area contributed by atoms with Gasteiger partial charge in [-0.05, 0) is 42.7 Å². The van der Waals surface area contributed by atoms with Gasteiger partial charge in [-0.2, -0.15) is 9.67 Å². The highest BCUT2D eigenvalue weighted by molar-refractivity contribution is 5.59. The highest BCUT2D eigenvalue weighted by Gasteiger charge is 2.21. The molecule has 0 bridgehead atoms. The molecule has 7 nitrogen and oxygen atoms in total. The highest BCUT2D eigenvalue weighted by atomic mass is 19.1. The molecule has 0 saturated carbocycles. The maximum absolute atomic E-state index is 13.2. The number of H-pyrrole nitrogens is 1. The van der Waals surface area contributed by atoms with Crippen LogP contribution in [-0.2, 0) is 17.6 Å². The number of hydrogen-bond acceptors (Lipinski definition) is 5. The molecule has 8 heteroatoms. The molecule has 4 rings (SSSR count). The summed E-state index contributed by atoms with van der Waals surface area (Å²) in [5.74, 6) is 0.859. The lowest BCUT2D eigenvalue weighted by molar-refractivity contribution is 0.122. The van der Waals surface area contributed by atoms with Gasteiger partial charge in [0.15, 0.2) is 0 Å². The molecule has 1 aromatic carbocycles. The van der Waals surface area contributed by atoms with Crippen molar-refractivity contribution in [3.8, 4) is 17.2 Å². The number of aromatic amines is 1. The van der Waals surface area contributed by atoms with Gasteiger partial charge in [0.1, 0.15) is 11.6 Å². The number of anilines is 1. The smallest absolute Gasteiger partial charge is 0.274 e. The van der Waals surface area contributed by atoms with E-state index >= 15 is 0 Å². The van der Waals surface area contributed by atoms with Crippen molar-refractivity contribution in [3.63, 3.8) is 0 Å². The van der Waals surface area contributed by atoms with E-state index in [1.165, 1.54) is 22.9 Å². The van der Waals surface area contributed by atoms with Crippen molar-refractivity contribution in [2.75, 3.05) is 31.2 Å². The molecule has 1 N–H and O–H groups in total. The van der Waals surface area contributed by atoms with Gasteiger partial charge in [-0.25, -0.2) is 9.37 Å². The molecular formula is C21H24FN5O2. The monoisotopic (exact) mass is 397 g/mol. The molecule has 0 amide bonds. The number of aryl methyl sites for hydroxylation is 1. The van der Waals surface area contributed by atoms with Gasteiger partial charge in [0.25, 0.3) is 11.5 Å². The third kappa shape index (κ3) is 3.80. The zero-order valence-corrected chi connectivity index (χ0v) is 16.6. The average Bonchev–Trinajstić information content (AvgIpc) is 3.15. The number of morpholine rings is 1. The molecule has 2 aromatic heterocycles. The molecule has 1 aliphatic heterocycles. The summed E-state index contributed by atoms with van der Waals surface area (Å²) in [6.45, 7) is 6.97. The number of halogens is 1. The minimum Gasteiger partial charge on any atom is -0.378 e. The van der Waals surface area contributed by atoms with E-state index in [2.05, 4.69) is 28.8 Å². The second-order valence-electron chi connectivity index (χ2n) is 6.93. The van der Waals surface area contributed by atoms with Gasteiger partial charge in [0.05, 0.1) is 24.6 Å². The Morgan fingerprint density at radius 3 is 2.48 bits per heavy atom. The highest BCUT2D eigenvalue weighted by Crippen LogP contribution is 2.24. The van der Waals surface area contributed by atoms with E-state index in [9.17, 15) is 9.18 Å². The Morgan fingerprint density at radius 1 is 1.10 bits per heavy atom. The van der Waals surface area contributed by atoms with E-state index in [4.69, 9.17) is 9.72 Å². The minimum atomic E-state index is -0.322. The van der Waals surface area contributed by atoms with E-state index in [0.29, 0.717) is 24.9 Å². The fourth-order valence-corrected chi connectivity index (χ4v) is 3.62. The van der Waals surface area contributed by atoms with Crippen molar-refractivity contribution >= 4 is 5.82 Å². The Kier molecular flexibility index (Phi) is 5.44. The molecule has 1 aliphatic rings. The summed E-state index contributed by atoms with van der Waals surface area (Å²) in [5, 5.41) is 3.07. The molecule has 0 unspecified atom stereocenters. The molecule has 3 aromatic rings. The molecule has 0 radical (unpaired) electrons. The first-order chi connectivity index (χ1) is 14.1. The number of hydrogen-bond donors (Lipinski definition) is 1. The van der Waals surface area contributed by atoms with Crippen LogP contribution in [0.3, 0.4) is 0 Å². The van der Waals surface area contributed by atoms with Crippen LogP contribution in [0.4, 0.5) is 10.2 Å². The molecule has 29 heavy (non-hydrogen) atoms. The largest absolute Gasteiger partial charge is 0.378 e. The Labute approximate surface area is 168 Å². The van der Waals surface area contributed by atoms with Crippen LogP contribution in [0.15, 0.2) is 35.1 Å². The van der Waals surface area contributed by atoms with Crippen LogP contribution in [-0.4, -0.2) is 46.1 Å². The maximum atomic E-state index is 13.2. The predicted octanol–water partition coefficient (Wildman–Crippen LogP) is 2.72. The molecule has 0 spiro atoms. The van der Waals surface area contributed by atoms with E-state index in [1.54, 1.807) is 12.1 Å². The summed E-state index contributed by atoms with van der Waals surface area (Å²) in [7, 11) is 0. The molecule has 152 valence electrons. The maximum Gasteiger partial charge on any atom is 0.274 e. The summed E-state index contributed by atoms with van der Waals surface area (Å²) >= 11 is 0. The van der Waals surface area contributed by atoms with Gasteiger partial charge < -0.3 is 9.64 Å². The summed E-state index contributed by atoms with van der Waals surface area (Å²) in [6, 6.07) is 7.46. The lowest BCUT2D eigenvalue weighted by Crippen LogP contribution is -2.38. The van der Waals surface area contributed by atoms with Gasteiger partial charge in [0.2, 0.25) is 0 Å². The Bertz CT molecular complexity index is 1050. The van der Waals surface area contributed by atoms with Crippen molar-refractivity contribution in [2.45, 2.75) is 26.7 Å². The van der Waals surface area contributed by atoms with Crippen LogP contribution in [0.5, 0.6) is 0 Å². The van der Waals surface area contributed by atoms with Crippen molar-refractivity contribution in [1.29, 1.82) is 0 Å². The van der Waals surface area contributed by atoms with Crippen LogP contribution < -0.4 is 10.5 Å². The molecule has 1 saturated heterocycles. The standard InChI is InChI=1S/C21H24FN5O2/c1-3-16-17(4-2)23-21(24-20(16)26-9-11-29-12-10-26)27-19(28)13-18(25-27)14-5-7-15(22)8-6-14/h5-8,13,25H,3-4,9-12H2,1-2H3. The first kappa shape index (κ1) is 19.3. The van der Waals surface area contributed by atoms with Gasteiger partial charge in [0, 0.05) is 24.7 Å². The van der Waals surface area contributed by atoms with Gasteiger partial charge in [-0.1, -0.05) is 13.8 Å². The normalized spacial score (nSPS) is 14.4. The number of aromatic nitrogens is 4. The molecular weight excluding hydrogens is 373 g/mol. The number of benzene rings is 1. The fraction of sp³-hybridized carbons (Fsp3) is 0.381. The SMILES string of the molecule is CCc1nc(-n2[nH]c(-c3ccc(F)cc3)cc2=O)nc(N2CCOCC2)c1CC. The summed E-state index contributed by atoms with van der Waals surface area (Å²) in [6.07, 6.45) is 1.56. The number of ether oxygens (including phenoxy) is 1. The minimum absolute atomic E-state index is 0.261. The van der Waals surface area contributed by atoms with Crippen LogP contribution in [0, 0.1) is 5.82 Å². The van der Waals surface area contributed by atoms with E-state index in [-0.39, 0.29) is 11.4 Å². The predicted molar refractivity (Wildman–Crippen MR) is 109 cm³/mol. The average molecular weight is 397 g/mol. The molecule has 1 fully saturated rings. The molecule has 0 atom stereocenters. The van der Waals surface area contributed by atoms with Crippen molar-refractivity contribution in [1.82, 2.24) is 19.7 Å². The summed E-state index contributed by atoms with van der Waals surface area (Å²) < 4.78 is 20.0. The number of nitrogens with one attached hydrogen (secondary N) is 1. The van der Waals surface area contributed by atoms with Crippen LogP contribution in [0.25, 0.3) is 17.2 Å². The Hall–Kier alpha value is -3.00. The Morgan fingerprint density at radius 2 is 1.83 bits per heavy atom. The lowest BCUT2D eigenvalue weighted by Gasteiger charge is -2.30. The van der Waals surface area contributed by atoms with Crippen LogP contribution in [0.2, 0.25) is 0 Å². The zero-order chi connectivity index (χ0) is 20.4. The Balaban J connectivity index is 1.80. The van der Waals surface area contributed by atoms with E-state index < -0.39 is 0 Å². The van der Waals surface area contributed by atoms with Crippen LogP contribution >= 0.6 is 0 Å². The molecule has 3 heterocycles. The zero-order valence-electron chi connectivity index (χ0n) is 16.6. The first-order valence-electron chi connectivity index (χ1n) is 9.91. The second-order valence-corrected chi connectivity index (χ2v) is 6.93. The topological polar surface area (TPSA) is 76.0 Å². The first-order valence-corrected chi connectivity index (χ1v) is 9.91. The third-order valence-electron chi connectivity index (χ3n) is 5.13. The van der Waals surface area contributed by atoms with Gasteiger partial charge >= 0.3 is 0 Å². The van der Waals surface area contributed by atoms with Gasteiger partial charge in [-0.3, -0.25) is 9.89 Å². The van der Waals surface area contributed by atoms with E-state index in [0.717, 1.165) is 48.6 Å². The summed E-state index contributed by atoms with van der Waals surface area (Å²) in [4.78, 5) is 24.3. The lowest BCUT2D eigenvalue weighted by atomic mass is 10.1.